The lowest BCUT2D eigenvalue weighted by atomic mass is 9.32. The van der Waals surface area contributed by atoms with Gasteiger partial charge >= 0.3 is 5.97 Å². The van der Waals surface area contributed by atoms with Crippen LogP contribution in [0.2, 0.25) is 0 Å². The van der Waals surface area contributed by atoms with Gasteiger partial charge in [0.1, 0.15) is 6.67 Å². The lowest BCUT2D eigenvalue weighted by Crippen LogP contribution is -2.66. The van der Waals surface area contributed by atoms with Crippen LogP contribution in [0.4, 0.5) is 4.39 Å². The van der Waals surface area contributed by atoms with Crippen LogP contribution in [0.25, 0.3) is 0 Å². The van der Waals surface area contributed by atoms with Crippen LogP contribution >= 0.6 is 0 Å². The molecular formula is C46H73FN2O4S. The number of alkyl halides is 1. The van der Waals surface area contributed by atoms with Gasteiger partial charge in [-0.15, -0.1) is 0 Å². The fraction of sp³-hybridized carbons (Fsp3) is 0.848. The summed E-state index contributed by atoms with van der Waals surface area (Å²) in [6.07, 6.45) is 17.2. The van der Waals surface area contributed by atoms with Gasteiger partial charge in [0, 0.05) is 31.7 Å². The van der Waals surface area contributed by atoms with Gasteiger partial charge in [0.25, 0.3) is 0 Å². The average molecular weight is 769 g/mol. The number of fused-ring (bicyclic) bond motifs is 7. The van der Waals surface area contributed by atoms with Crippen LogP contribution in [-0.2, 0) is 14.6 Å². The highest BCUT2D eigenvalue weighted by atomic mass is 32.2. The zero-order chi connectivity index (χ0) is 39.3. The number of nitrogens with zero attached hydrogens (tertiary/aromatic N) is 1. The quantitative estimate of drug-likeness (QED) is 0.228. The van der Waals surface area contributed by atoms with E-state index < -0.39 is 27.9 Å². The lowest BCUT2D eigenvalue weighted by molar-refractivity contribution is -0.226. The van der Waals surface area contributed by atoms with E-state index in [1.165, 1.54) is 68.1 Å². The Labute approximate surface area is 327 Å². The molecule has 1 aliphatic heterocycles. The van der Waals surface area contributed by atoms with E-state index in [4.69, 9.17) is 0 Å². The highest BCUT2D eigenvalue weighted by molar-refractivity contribution is 7.91. The van der Waals surface area contributed by atoms with Gasteiger partial charge in [-0.05, 0) is 166 Å². The van der Waals surface area contributed by atoms with Crippen molar-refractivity contribution in [2.75, 3.05) is 44.4 Å². The first-order chi connectivity index (χ1) is 25.1. The minimum atomic E-state index is -2.90. The highest BCUT2D eigenvalue weighted by Gasteiger charge is 2.70. The van der Waals surface area contributed by atoms with E-state index in [9.17, 15) is 22.7 Å². The number of carbonyl (C=O) groups is 1. The smallest absolute Gasteiger partial charge is 0.312 e. The number of halogens is 1. The van der Waals surface area contributed by atoms with Gasteiger partial charge in [0.05, 0.1) is 16.9 Å². The molecule has 10 atom stereocenters. The number of sulfone groups is 1. The second-order valence-electron chi connectivity index (χ2n) is 21.8. The van der Waals surface area contributed by atoms with Gasteiger partial charge in [0.2, 0.25) is 0 Å². The Morgan fingerprint density at radius 1 is 0.944 bits per heavy atom. The van der Waals surface area contributed by atoms with Gasteiger partial charge in [0.15, 0.2) is 9.84 Å². The van der Waals surface area contributed by atoms with Crippen molar-refractivity contribution in [2.24, 2.45) is 62.1 Å². The minimum absolute atomic E-state index is 0.0169. The van der Waals surface area contributed by atoms with E-state index in [1.54, 1.807) is 0 Å². The Balaban J connectivity index is 1.12. The Morgan fingerprint density at radius 2 is 1.65 bits per heavy atom. The molecule has 6 aliphatic carbocycles. The van der Waals surface area contributed by atoms with Crippen molar-refractivity contribution in [1.29, 1.82) is 0 Å². The number of carboxylic acid groups (broad SMARTS) is 1. The van der Waals surface area contributed by atoms with E-state index in [1.807, 2.05) is 0 Å². The second kappa shape index (κ2) is 13.5. The normalized spacial score (nSPS) is 44.5. The van der Waals surface area contributed by atoms with Gasteiger partial charge in [-0.2, -0.15) is 0 Å². The van der Waals surface area contributed by atoms with E-state index in [2.05, 4.69) is 84.3 Å². The van der Waals surface area contributed by atoms with E-state index in [0.29, 0.717) is 55.5 Å². The van der Waals surface area contributed by atoms with Crippen LogP contribution in [0.5, 0.6) is 0 Å². The molecule has 1 heterocycles. The fourth-order valence-electron chi connectivity index (χ4n) is 15.3. The third kappa shape index (κ3) is 6.09. The first kappa shape index (κ1) is 40.7. The number of nitrogens with one attached hydrogen (secondary N) is 1. The highest BCUT2D eigenvalue weighted by Crippen LogP contribution is 2.77. The van der Waals surface area contributed by atoms with Gasteiger partial charge in [-0.1, -0.05) is 58.9 Å². The average Bonchev–Trinajstić information content (AvgIpc) is 3.48. The summed E-state index contributed by atoms with van der Waals surface area (Å²) in [5.41, 5.74) is 3.68. The summed E-state index contributed by atoms with van der Waals surface area (Å²) >= 11 is 0. The molecule has 0 spiro atoms. The summed E-state index contributed by atoms with van der Waals surface area (Å²) in [6.45, 7) is 26.8. The molecule has 0 aromatic carbocycles. The molecule has 0 radical (unpaired) electrons. The van der Waals surface area contributed by atoms with Gasteiger partial charge in [-0.25, -0.2) is 12.8 Å². The molecule has 0 bridgehead atoms. The van der Waals surface area contributed by atoms with Crippen LogP contribution in [-0.4, -0.2) is 74.3 Å². The van der Waals surface area contributed by atoms with Crippen molar-refractivity contribution < 1.29 is 22.7 Å². The summed E-state index contributed by atoms with van der Waals surface area (Å²) < 4.78 is 38.3. The predicted molar refractivity (Wildman–Crippen MR) is 218 cm³/mol. The largest absolute Gasteiger partial charge is 0.481 e. The maximum atomic E-state index is 14.0. The van der Waals surface area contributed by atoms with Crippen molar-refractivity contribution in [3.8, 4) is 0 Å². The van der Waals surface area contributed by atoms with Crippen molar-refractivity contribution in [3.63, 3.8) is 0 Å². The molecule has 0 aromatic heterocycles. The maximum Gasteiger partial charge on any atom is 0.312 e. The summed E-state index contributed by atoms with van der Waals surface area (Å²) in [5.74, 6) is 2.64. The van der Waals surface area contributed by atoms with E-state index >= 15 is 0 Å². The Hall–Kier alpha value is -1.51. The Bertz CT molecular complexity index is 1690. The summed E-state index contributed by atoms with van der Waals surface area (Å²) in [7, 11) is -2.90. The number of rotatable bonds is 9. The third-order valence-electron chi connectivity index (χ3n) is 18.7. The number of hydrogen-bond donors (Lipinski definition) is 2. The molecule has 2 N–H and O–H groups in total. The van der Waals surface area contributed by atoms with Crippen LogP contribution in [0, 0.1) is 62.1 Å². The van der Waals surface area contributed by atoms with Crippen LogP contribution < -0.4 is 5.32 Å². The zero-order valence-electron chi connectivity index (χ0n) is 35.1. The number of hydrogen-bond acceptors (Lipinski definition) is 5. The number of aliphatic carboxylic acids is 1. The second-order valence-corrected chi connectivity index (χ2v) is 24.1. The molecule has 1 saturated heterocycles. The summed E-state index contributed by atoms with van der Waals surface area (Å²) in [5, 5.41) is 13.9. The molecule has 304 valence electrons. The van der Waals surface area contributed by atoms with Crippen molar-refractivity contribution in [3.05, 3.63) is 35.5 Å². The molecular weight excluding hydrogens is 696 g/mol. The predicted octanol–water partition coefficient (Wildman–Crippen LogP) is 9.43. The zero-order valence-corrected chi connectivity index (χ0v) is 35.9. The molecule has 4 saturated carbocycles. The Kier molecular flexibility index (Phi) is 10.2. The van der Waals surface area contributed by atoms with E-state index in [0.717, 1.165) is 19.5 Å². The first-order valence-electron chi connectivity index (χ1n) is 21.6. The summed E-state index contributed by atoms with van der Waals surface area (Å²) in [6, 6.07) is 0. The van der Waals surface area contributed by atoms with Crippen molar-refractivity contribution >= 4 is 15.8 Å². The van der Waals surface area contributed by atoms with Gasteiger partial charge < -0.3 is 10.4 Å². The molecule has 6 nitrogen and oxygen atoms in total. The fourth-order valence-corrected chi connectivity index (χ4v) is 16.5. The molecule has 0 amide bonds. The SMILES string of the molecule is C=C(C)[C@@H]1CC[C@]2(CNCC(C)(C)N3CCS(=O)(=O)CC3)CC[C@]3(C)[C@H](CC[C@@H]4[C@@]5(C)CC=C(C6=CC[C@](CF)(C(=O)O)CC6)C(C)(C)[C@@H]5CC[C@]43C)[C@@H]12. The van der Waals surface area contributed by atoms with Crippen molar-refractivity contribution in [2.45, 2.75) is 138 Å². The Morgan fingerprint density at radius 3 is 2.26 bits per heavy atom. The lowest BCUT2D eigenvalue weighted by Gasteiger charge is -2.72. The summed E-state index contributed by atoms with van der Waals surface area (Å²) in [4.78, 5) is 14.4. The number of allylic oxidation sites excluding steroid dienone is 5. The van der Waals surface area contributed by atoms with Crippen molar-refractivity contribution in [1.82, 2.24) is 10.2 Å². The molecule has 8 heteroatoms. The van der Waals surface area contributed by atoms with E-state index in [-0.39, 0.29) is 50.5 Å². The maximum absolute atomic E-state index is 14.0. The molecule has 7 aliphatic rings. The first-order valence-corrected chi connectivity index (χ1v) is 23.4. The third-order valence-corrected chi connectivity index (χ3v) is 20.3. The molecule has 0 unspecified atom stereocenters. The molecule has 5 fully saturated rings. The minimum Gasteiger partial charge on any atom is -0.481 e. The molecule has 0 aromatic rings. The van der Waals surface area contributed by atoms with Gasteiger partial charge in [-0.3, -0.25) is 9.69 Å². The molecule has 54 heavy (non-hydrogen) atoms. The standard InChI is InChI=1S/C46H73FN2O4S/c1-31(2)33-14-21-46(30-48-29-40(3,4)49-24-26-54(52,53)27-25-49)23-22-43(8)35(38(33)46)10-11-37-42(7)17-15-34(41(5,6)36(42)16-18-44(37,43)9)32-12-19-45(28-47,20-13-32)39(50)51/h12,15,33,35-38,48H,1,10-11,13-14,16-30H2,2-9H3,(H,50,51)/t33-,35+,36-,37+,38+,42-,43+,44+,45-,46+/m0/s1. The topological polar surface area (TPSA) is 86.7 Å². The van der Waals surface area contributed by atoms with Crippen LogP contribution in [0.15, 0.2) is 35.5 Å². The molecule has 7 rings (SSSR count). The monoisotopic (exact) mass is 769 g/mol. The number of carboxylic acids is 1. The van der Waals surface area contributed by atoms with Crippen LogP contribution in [0.3, 0.4) is 0 Å². The van der Waals surface area contributed by atoms with Crippen LogP contribution in [0.1, 0.15) is 132 Å².